The van der Waals surface area contributed by atoms with E-state index in [-0.39, 0.29) is 0 Å². The Balaban J connectivity index is 1.64. The Morgan fingerprint density at radius 1 is 1.05 bits per heavy atom. The summed E-state index contributed by atoms with van der Waals surface area (Å²) in [5.74, 6) is 0.870. The molecule has 1 saturated heterocycles. The molecule has 0 N–H and O–H groups in total. The highest BCUT2D eigenvalue weighted by Crippen LogP contribution is 2.30. The Hall–Kier alpha value is -0.910. The first-order valence-electron chi connectivity index (χ1n) is 7.91. The molecule has 1 saturated carbocycles. The highest BCUT2D eigenvalue weighted by atomic mass is 32.2. The normalized spacial score (nSPS) is 21.6. The molecule has 0 amide bonds. The molecule has 1 aliphatic carbocycles. The number of piperazine rings is 1. The fourth-order valence-electron chi connectivity index (χ4n) is 2.86. The number of aryl methyl sites for hydroxylation is 1. The van der Waals surface area contributed by atoms with E-state index in [1.807, 2.05) is 12.1 Å². The van der Waals surface area contributed by atoms with Crippen molar-refractivity contribution >= 4 is 10.0 Å². The molecule has 3 rings (SSSR count). The summed E-state index contributed by atoms with van der Waals surface area (Å²) in [5.41, 5.74) is 1.17. The zero-order chi connectivity index (χ0) is 14.9. The number of hydrogen-bond donors (Lipinski definition) is 0. The average Bonchev–Trinajstić information content (AvgIpc) is 3.32. The standard InChI is InChI=1S/C16H24N2O2S/c1-2-14-5-7-16(8-6-14)21(19,20)18-11-9-17(10-12-18)13-15-3-4-15/h5-8,15H,2-4,9-13H2,1H3. The minimum atomic E-state index is -3.32. The van der Waals surface area contributed by atoms with Crippen LogP contribution < -0.4 is 0 Å². The van der Waals surface area contributed by atoms with Crippen molar-refractivity contribution in [1.82, 2.24) is 9.21 Å². The first kappa shape index (κ1) is 15.0. The van der Waals surface area contributed by atoms with Crippen LogP contribution in [0.3, 0.4) is 0 Å². The zero-order valence-corrected chi connectivity index (χ0v) is 13.5. The predicted octanol–water partition coefficient (Wildman–Crippen LogP) is 1.97. The molecule has 0 spiro atoms. The number of sulfonamides is 1. The van der Waals surface area contributed by atoms with Crippen LogP contribution in [0.4, 0.5) is 0 Å². The second kappa shape index (κ2) is 6.07. The first-order chi connectivity index (χ1) is 10.1. The van der Waals surface area contributed by atoms with Crippen LogP contribution in [0.15, 0.2) is 29.2 Å². The SMILES string of the molecule is CCc1ccc(S(=O)(=O)N2CCN(CC3CC3)CC2)cc1. The van der Waals surface area contributed by atoms with Crippen LogP contribution in [0.2, 0.25) is 0 Å². The summed E-state index contributed by atoms with van der Waals surface area (Å²) in [6.07, 6.45) is 3.63. The van der Waals surface area contributed by atoms with Gasteiger partial charge in [0.25, 0.3) is 0 Å². The van der Waals surface area contributed by atoms with Gasteiger partial charge in [0.05, 0.1) is 4.90 Å². The molecule has 1 aromatic carbocycles. The van der Waals surface area contributed by atoms with E-state index in [1.54, 1.807) is 16.4 Å². The van der Waals surface area contributed by atoms with E-state index in [1.165, 1.54) is 18.4 Å². The van der Waals surface area contributed by atoms with E-state index in [0.717, 1.165) is 32.0 Å². The quantitative estimate of drug-likeness (QED) is 0.835. The van der Waals surface area contributed by atoms with Gasteiger partial charge in [0, 0.05) is 32.7 Å². The van der Waals surface area contributed by atoms with Crippen LogP contribution in [0.25, 0.3) is 0 Å². The minimum Gasteiger partial charge on any atom is -0.300 e. The highest BCUT2D eigenvalue weighted by molar-refractivity contribution is 7.89. The maximum Gasteiger partial charge on any atom is 0.243 e. The molecule has 0 unspecified atom stereocenters. The van der Waals surface area contributed by atoms with E-state index < -0.39 is 10.0 Å². The number of rotatable bonds is 5. The third-order valence-corrected chi connectivity index (χ3v) is 6.43. The van der Waals surface area contributed by atoms with E-state index in [4.69, 9.17) is 0 Å². The molecule has 5 heteroatoms. The van der Waals surface area contributed by atoms with E-state index in [9.17, 15) is 8.42 Å². The molecule has 2 aliphatic rings. The first-order valence-corrected chi connectivity index (χ1v) is 9.35. The lowest BCUT2D eigenvalue weighted by Crippen LogP contribution is -2.49. The maximum absolute atomic E-state index is 12.6. The van der Waals surface area contributed by atoms with Crippen LogP contribution in [0.5, 0.6) is 0 Å². The molecule has 2 fully saturated rings. The predicted molar refractivity (Wildman–Crippen MR) is 83.7 cm³/mol. The van der Waals surface area contributed by atoms with Crippen molar-refractivity contribution in [3.8, 4) is 0 Å². The summed E-state index contributed by atoms with van der Waals surface area (Å²) in [7, 11) is -3.32. The summed E-state index contributed by atoms with van der Waals surface area (Å²) >= 11 is 0. The van der Waals surface area contributed by atoms with Crippen molar-refractivity contribution in [2.45, 2.75) is 31.1 Å². The Bertz CT molecular complexity index is 571. The zero-order valence-electron chi connectivity index (χ0n) is 12.7. The van der Waals surface area contributed by atoms with Crippen LogP contribution >= 0.6 is 0 Å². The van der Waals surface area contributed by atoms with Crippen molar-refractivity contribution in [2.75, 3.05) is 32.7 Å². The van der Waals surface area contributed by atoms with Gasteiger partial charge in [0.15, 0.2) is 0 Å². The van der Waals surface area contributed by atoms with Crippen molar-refractivity contribution < 1.29 is 8.42 Å². The molecule has 0 bridgehead atoms. The van der Waals surface area contributed by atoms with Gasteiger partial charge < -0.3 is 4.90 Å². The van der Waals surface area contributed by atoms with Gasteiger partial charge in [-0.05, 0) is 42.9 Å². The average molecular weight is 308 g/mol. The summed E-state index contributed by atoms with van der Waals surface area (Å²) in [6, 6.07) is 7.31. The van der Waals surface area contributed by atoms with Crippen molar-refractivity contribution in [3.05, 3.63) is 29.8 Å². The second-order valence-electron chi connectivity index (χ2n) is 6.15. The molecule has 116 valence electrons. The Kier molecular flexibility index (Phi) is 4.33. The molecular formula is C16H24N2O2S. The molecule has 0 radical (unpaired) electrons. The van der Waals surface area contributed by atoms with Gasteiger partial charge in [-0.25, -0.2) is 8.42 Å². The summed E-state index contributed by atoms with van der Waals surface area (Å²) in [6.45, 7) is 6.18. The van der Waals surface area contributed by atoms with Gasteiger partial charge in [0.2, 0.25) is 10.0 Å². The number of nitrogens with zero attached hydrogens (tertiary/aromatic N) is 2. The highest BCUT2D eigenvalue weighted by Gasteiger charge is 2.31. The van der Waals surface area contributed by atoms with Crippen LogP contribution in [0.1, 0.15) is 25.3 Å². The van der Waals surface area contributed by atoms with E-state index >= 15 is 0 Å². The fraction of sp³-hybridized carbons (Fsp3) is 0.625. The molecule has 1 aliphatic heterocycles. The lowest BCUT2D eigenvalue weighted by atomic mass is 10.2. The van der Waals surface area contributed by atoms with Gasteiger partial charge >= 0.3 is 0 Å². The molecule has 0 aromatic heterocycles. The monoisotopic (exact) mass is 308 g/mol. The maximum atomic E-state index is 12.6. The van der Waals surface area contributed by atoms with Crippen LogP contribution in [0, 0.1) is 5.92 Å². The van der Waals surface area contributed by atoms with Gasteiger partial charge in [-0.3, -0.25) is 0 Å². The van der Waals surface area contributed by atoms with Gasteiger partial charge in [0.1, 0.15) is 0 Å². The molecule has 1 heterocycles. The van der Waals surface area contributed by atoms with Gasteiger partial charge in [-0.1, -0.05) is 19.1 Å². The van der Waals surface area contributed by atoms with Crippen molar-refractivity contribution in [3.63, 3.8) is 0 Å². The molecule has 1 aromatic rings. The Morgan fingerprint density at radius 2 is 1.67 bits per heavy atom. The number of benzene rings is 1. The second-order valence-corrected chi connectivity index (χ2v) is 8.08. The molecular weight excluding hydrogens is 284 g/mol. The Morgan fingerprint density at radius 3 is 2.19 bits per heavy atom. The summed E-state index contributed by atoms with van der Waals surface area (Å²) in [5, 5.41) is 0. The molecule has 4 nitrogen and oxygen atoms in total. The van der Waals surface area contributed by atoms with Crippen LogP contribution in [-0.4, -0.2) is 50.3 Å². The third kappa shape index (κ3) is 3.47. The third-order valence-electron chi connectivity index (χ3n) is 4.51. The van der Waals surface area contributed by atoms with E-state index in [2.05, 4.69) is 11.8 Å². The smallest absolute Gasteiger partial charge is 0.243 e. The molecule has 0 atom stereocenters. The summed E-state index contributed by atoms with van der Waals surface area (Å²) in [4.78, 5) is 2.83. The van der Waals surface area contributed by atoms with Gasteiger partial charge in [-0.15, -0.1) is 0 Å². The minimum absolute atomic E-state index is 0.426. The fourth-order valence-corrected chi connectivity index (χ4v) is 4.29. The van der Waals surface area contributed by atoms with Gasteiger partial charge in [-0.2, -0.15) is 4.31 Å². The lowest BCUT2D eigenvalue weighted by molar-refractivity contribution is 0.182. The lowest BCUT2D eigenvalue weighted by Gasteiger charge is -2.34. The number of hydrogen-bond acceptors (Lipinski definition) is 3. The molecule has 21 heavy (non-hydrogen) atoms. The van der Waals surface area contributed by atoms with Crippen molar-refractivity contribution in [2.24, 2.45) is 5.92 Å². The summed E-state index contributed by atoms with van der Waals surface area (Å²) < 4.78 is 26.9. The van der Waals surface area contributed by atoms with E-state index in [0.29, 0.717) is 18.0 Å². The van der Waals surface area contributed by atoms with Crippen molar-refractivity contribution in [1.29, 1.82) is 0 Å². The Labute approximate surface area is 127 Å². The topological polar surface area (TPSA) is 40.6 Å². The largest absolute Gasteiger partial charge is 0.300 e. The van der Waals surface area contributed by atoms with Crippen LogP contribution in [-0.2, 0) is 16.4 Å².